The van der Waals surface area contributed by atoms with Crippen molar-refractivity contribution in [3.05, 3.63) is 51.2 Å². The highest BCUT2D eigenvalue weighted by Crippen LogP contribution is 2.09. The Hall–Kier alpha value is -2.37. The third kappa shape index (κ3) is 1.50. The molecule has 2 rings (SSSR count). The predicted octanol–water partition coefficient (Wildman–Crippen LogP) is -0.677. The number of rotatable bonds is 1. The van der Waals surface area contributed by atoms with E-state index in [0.29, 0.717) is 10.4 Å². The van der Waals surface area contributed by atoms with Crippen LogP contribution in [0.2, 0.25) is 0 Å². The second-order valence-corrected chi connectivity index (χ2v) is 3.31. The summed E-state index contributed by atoms with van der Waals surface area (Å²) in [6, 6.07) is 8.85. The molecule has 0 saturated heterocycles. The molecule has 16 heavy (non-hydrogen) atoms. The summed E-state index contributed by atoms with van der Waals surface area (Å²) >= 11 is 0. The van der Waals surface area contributed by atoms with Gasteiger partial charge >= 0.3 is 5.69 Å². The minimum atomic E-state index is -0.648. The van der Waals surface area contributed by atoms with Gasteiger partial charge in [0.15, 0.2) is 5.69 Å². The molecule has 0 unspecified atom stereocenters. The molecule has 2 N–H and O–H groups in total. The molecule has 82 valence electrons. The first-order valence-corrected chi connectivity index (χ1v) is 4.62. The number of nitrogen functional groups attached to an aromatic ring is 1. The van der Waals surface area contributed by atoms with Crippen LogP contribution in [0.15, 0.2) is 39.9 Å². The number of hydrogen-bond donors (Lipinski definition) is 1. The summed E-state index contributed by atoms with van der Waals surface area (Å²) in [7, 11) is 1.36. The van der Waals surface area contributed by atoms with Crippen molar-refractivity contribution in [2.45, 2.75) is 0 Å². The molecule has 0 saturated carbocycles. The van der Waals surface area contributed by atoms with Gasteiger partial charge in [0.05, 0.1) is 0 Å². The minimum Gasteiger partial charge on any atom is -0.318 e. The first-order valence-electron chi connectivity index (χ1n) is 4.62. The van der Waals surface area contributed by atoms with E-state index in [-0.39, 0.29) is 5.69 Å². The molecule has 0 spiro atoms. The fourth-order valence-electron chi connectivity index (χ4n) is 1.37. The van der Waals surface area contributed by atoms with Crippen molar-refractivity contribution in [2.75, 3.05) is 5.84 Å². The van der Waals surface area contributed by atoms with Gasteiger partial charge in [-0.15, -0.1) is 9.89 Å². The first kappa shape index (κ1) is 10.2. The Morgan fingerprint density at radius 3 is 2.44 bits per heavy atom. The highest BCUT2D eigenvalue weighted by atomic mass is 16.2. The third-order valence-electron chi connectivity index (χ3n) is 2.25. The van der Waals surface area contributed by atoms with E-state index in [9.17, 15) is 9.59 Å². The van der Waals surface area contributed by atoms with Crippen LogP contribution in [0.25, 0.3) is 11.3 Å². The van der Waals surface area contributed by atoms with Crippen LogP contribution in [0, 0.1) is 0 Å². The summed E-state index contributed by atoms with van der Waals surface area (Å²) in [6.07, 6.45) is 0. The van der Waals surface area contributed by atoms with Crippen LogP contribution in [0.3, 0.4) is 0 Å². The summed E-state index contributed by atoms with van der Waals surface area (Å²) < 4.78 is 0.926. The van der Waals surface area contributed by atoms with Crippen molar-refractivity contribution < 1.29 is 0 Å². The van der Waals surface area contributed by atoms with Crippen LogP contribution in [-0.2, 0) is 7.05 Å². The zero-order valence-corrected chi connectivity index (χ0v) is 8.62. The SMILES string of the molecule is Cn1c(=O)c(-c2ccccc2)nn(N)c1=O. The first-order chi connectivity index (χ1) is 7.61. The van der Waals surface area contributed by atoms with Crippen LogP contribution in [0.4, 0.5) is 0 Å². The lowest BCUT2D eigenvalue weighted by Gasteiger charge is -2.04. The second kappa shape index (κ2) is 3.65. The summed E-state index contributed by atoms with van der Waals surface area (Å²) in [4.78, 5) is 23.7. The maximum absolute atomic E-state index is 11.8. The molecule has 0 bridgehead atoms. The van der Waals surface area contributed by atoms with Crippen LogP contribution in [0.1, 0.15) is 0 Å². The second-order valence-electron chi connectivity index (χ2n) is 3.31. The largest absolute Gasteiger partial charge is 0.366 e. The zero-order chi connectivity index (χ0) is 11.7. The van der Waals surface area contributed by atoms with E-state index in [1.165, 1.54) is 7.05 Å². The number of benzene rings is 1. The van der Waals surface area contributed by atoms with E-state index in [1.807, 2.05) is 6.07 Å². The molecule has 1 heterocycles. The highest BCUT2D eigenvalue weighted by Gasteiger charge is 2.10. The average molecular weight is 218 g/mol. The Balaban J connectivity index is 2.78. The molecule has 0 fully saturated rings. The molecule has 0 radical (unpaired) electrons. The van der Waals surface area contributed by atoms with Gasteiger partial charge in [0.2, 0.25) is 0 Å². The Morgan fingerprint density at radius 2 is 1.81 bits per heavy atom. The topological polar surface area (TPSA) is 82.9 Å². The molecular weight excluding hydrogens is 208 g/mol. The van der Waals surface area contributed by atoms with Gasteiger partial charge in [0.1, 0.15) is 0 Å². The fourth-order valence-corrected chi connectivity index (χ4v) is 1.37. The quantitative estimate of drug-likeness (QED) is 0.643. The zero-order valence-electron chi connectivity index (χ0n) is 8.62. The Bertz CT molecular complexity index is 628. The van der Waals surface area contributed by atoms with Crippen molar-refractivity contribution in [1.29, 1.82) is 0 Å². The monoisotopic (exact) mass is 218 g/mol. The smallest absolute Gasteiger partial charge is 0.318 e. The predicted molar refractivity (Wildman–Crippen MR) is 59.3 cm³/mol. The molecule has 6 nitrogen and oxygen atoms in total. The van der Waals surface area contributed by atoms with Crippen molar-refractivity contribution >= 4 is 0 Å². The van der Waals surface area contributed by atoms with E-state index >= 15 is 0 Å². The summed E-state index contributed by atoms with van der Waals surface area (Å²) in [5.74, 6) is 5.36. The van der Waals surface area contributed by atoms with Crippen LogP contribution >= 0.6 is 0 Å². The van der Waals surface area contributed by atoms with Crippen LogP contribution < -0.4 is 17.1 Å². The number of hydrogen-bond acceptors (Lipinski definition) is 4. The van der Waals surface area contributed by atoms with Crippen LogP contribution in [0.5, 0.6) is 0 Å². The molecule has 0 aliphatic heterocycles. The summed E-state index contributed by atoms with van der Waals surface area (Å²) in [6.45, 7) is 0. The maximum atomic E-state index is 11.8. The molecule has 0 atom stereocenters. The Kier molecular flexibility index (Phi) is 2.32. The van der Waals surface area contributed by atoms with E-state index in [2.05, 4.69) is 5.10 Å². The van der Waals surface area contributed by atoms with Crippen molar-refractivity contribution in [3.8, 4) is 11.3 Å². The van der Waals surface area contributed by atoms with Gasteiger partial charge in [0.25, 0.3) is 5.56 Å². The normalized spacial score (nSPS) is 10.3. The summed E-state index contributed by atoms with van der Waals surface area (Å²) in [5.41, 5.74) is -0.324. The van der Waals surface area contributed by atoms with E-state index in [4.69, 9.17) is 5.84 Å². The van der Waals surface area contributed by atoms with E-state index in [1.54, 1.807) is 24.3 Å². The minimum absolute atomic E-state index is 0.158. The van der Waals surface area contributed by atoms with Gasteiger partial charge in [-0.25, -0.2) is 4.79 Å². The number of nitrogens with zero attached hydrogens (tertiary/aromatic N) is 3. The molecular formula is C10H10N4O2. The summed E-state index contributed by atoms with van der Waals surface area (Å²) in [5, 5.41) is 3.75. The molecule has 6 heteroatoms. The van der Waals surface area contributed by atoms with Crippen molar-refractivity contribution in [3.63, 3.8) is 0 Å². The molecule has 2 aromatic rings. The van der Waals surface area contributed by atoms with Gasteiger partial charge in [-0.3, -0.25) is 9.36 Å². The van der Waals surface area contributed by atoms with Gasteiger partial charge in [0, 0.05) is 12.6 Å². The van der Waals surface area contributed by atoms with E-state index in [0.717, 1.165) is 4.57 Å². The standard InChI is InChI=1S/C10H10N4O2/c1-13-9(15)8(12-14(11)10(13)16)7-5-3-2-4-6-7/h2-6H,11H2,1H3. The molecule has 0 amide bonds. The fraction of sp³-hybridized carbons (Fsp3) is 0.100. The van der Waals surface area contributed by atoms with Gasteiger partial charge in [-0.2, -0.15) is 0 Å². The van der Waals surface area contributed by atoms with Crippen molar-refractivity contribution in [1.82, 2.24) is 14.5 Å². The maximum Gasteiger partial charge on any atom is 0.366 e. The molecule has 1 aromatic heterocycles. The number of nitrogens with two attached hydrogens (primary N) is 1. The van der Waals surface area contributed by atoms with E-state index < -0.39 is 11.2 Å². The van der Waals surface area contributed by atoms with Crippen molar-refractivity contribution in [2.24, 2.45) is 7.05 Å². The van der Waals surface area contributed by atoms with Gasteiger partial charge in [-0.1, -0.05) is 30.3 Å². The molecule has 1 aromatic carbocycles. The van der Waals surface area contributed by atoms with Gasteiger partial charge in [-0.05, 0) is 0 Å². The highest BCUT2D eigenvalue weighted by molar-refractivity contribution is 5.56. The lowest BCUT2D eigenvalue weighted by Crippen LogP contribution is -2.43. The van der Waals surface area contributed by atoms with Gasteiger partial charge < -0.3 is 5.84 Å². The van der Waals surface area contributed by atoms with Crippen LogP contribution in [-0.4, -0.2) is 14.5 Å². The lowest BCUT2D eigenvalue weighted by atomic mass is 10.2. The Morgan fingerprint density at radius 1 is 1.19 bits per heavy atom. The average Bonchev–Trinajstić information content (AvgIpc) is 2.32. The molecule has 0 aliphatic rings. The Labute approximate surface area is 90.5 Å². The third-order valence-corrected chi connectivity index (χ3v) is 2.25. The molecule has 0 aliphatic carbocycles. The lowest BCUT2D eigenvalue weighted by molar-refractivity contribution is 0.637. The number of aromatic nitrogens is 3.